The third-order valence-corrected chi connectivity index (χ3v) is 7.18. The van der Waals surface area contributed by atoms with Crippen molar-refractivity contribution in [3.63, 3.8) is 0 Å². The van der Waals surface area contributed by atoms with Crippen molar-refractivity contribution in [1.82, 2.24) is 5.32 Å². The Morgan fingerprint density at radius 1 is 1.17 bits per heavy atom. The molecular formula is C24H34FNO3. The van der Waals surface area contributed by atoms with Crippen LogP contribution in [0.4, 0.5) is 4.39 Å². The zero-order chi connectivity index (χ0) is 20.9. The molecule has 0 heterocycles. The average molecular weight is 404 g/mol. The van der Waals surface area contributed by atoms with Crippen molar-refractivity contribution in [3.05, 3.63) is 41.7 Å². The van der Waals surface area contributed by atoms with Crippen molar-refractivity contribution in [1.29, 1.82) is 0 Å². The van der Waals surface area contributed by atoms with Crippen LogP contribution in [0.15, 0.2) is 36.2 Å². The van der Waals surface area contributed by atoms with Crippen LogP contribution in [0.3, 0.4) is 0 Å². The maximum atomic E-state index is 12.8. The number of halogens is 1. The van der Waals surface area contributed by atoms with Crippen LogP contribution in [0.5, 0.6) is 5.75 Å². The van der Waals surface area contributed by atoms with Crippen LogP contribution in [0.2, 0.25) is 0 Å². The summed E-state index contributed by atoms with van der Waals surface area (Å²) in [5.74, 6) is 0.969. The zero-order valence-corrected chi connectivity index (χ0v) is 17.9. The Labute approximate surface area is 173 Å². The monoisotopic (exact) mass is 403 g/mol. The molecular weight excluding hydrogens is 369 g/mol. The highest BCUT2D eigenvalue weighted by atomic mass is 19.1. The Morgan fingerprint density at radius 2 is 1.79 bits per heavy atom. The first-order valence-electron chi connectivity index (χ1n) is 10.8. The standard InChI is InChI=1S/C24H34FNO3/c1-4-19(15-25)17-29-21-7-5-20(6-8-21)23-9-12-24(13-10-23,14-11-23)22(27)26-16-18(2)28-3/h5-8,15,18H,4,9-14,16-17H2,1-3H3,(H,26,27)/b19-15+/t18-,23?,24?/m0/s1. The van der Waals surface area contributed by atoms with Gasteiger partial charge < -0.3 is 14.8 Å². The molecule has 1 aromatic carbocycles. The summed E-state index contributed by atoms with van der Waals surface area (Å²) < 4.78 is 23.6. The van der Waals surface area contributed by atoms with Crippen LogP contribution < -0.4 is 10.1 Å². The van der Waals surface area contributed by atoms with E-state index in [0.29, 0.717) is 24.9 Å². The smallest absolute Gasteiger partial charge is 0.226 e. The summed E-state index contributed by atoms with van der Waals surface area (Å²) in [5, 5.41) is 3.10. The van der Waals surface area contributed by atoms with Crippen molar-refractivity contribution in [2.75, 3.05) is 20.3 Å². The highest BCUT2D eigenvalue weighted by Gasteiger charge is 2.52. The van der Waals surface area contributed by atoms with Gasteiger partial charge in [0.2, 0.25) is 5.91 Å². The molecule has 5 heteroatoms. The molecule has 4 nitrogen and oxygen atoms in total. The molecule has 3 fully saturated rings. The molecule has 0 unspecified atom stereocenters. The third-order valence-electron chi connectivity index (χ3n) is 7.18. The van der Waals surface area contributed by atoms with Crippen LogP contribution in [-0.4, -0.2) is 32.3 Å². The number of hydrogen-bond donors (Lipinski definition) is 1. The van der Waals surface area contributed by atoms with E-state index in [1.54, 1.807) is 7.11 Å². The zero-order valence-electron chi connectivity index (χ0n) is 17.9. The van der Waals surface area contributed by atoms with E-state index in [1.165, 1.54) is 5.56 Å². The van der Waals surface area contributed by atoms with Crippen molar-refractivity contribution in [3.8, 4) is 5.75 Å². The Hall–Kier alpha value is -1.88. The number of carbonyl (C=O) groups excluding carboxylic acids is 1. The fraction of sp³-hybridized carbons (Fsp3) is 0.625. The average Bonchev–Trinajstić information content (AvgIpc) is 2.79. The first-order chi connectivity index (χ1) is 14.0. The number of rotatable bonds is 9. The van der Waals surface area contributed by atoms with E-state index < -0.39 is 0 Å². The quantitative estimate of drug-likeness (QED) is 0.626. The van der Waals surface area contributed by atoms with Crippen LogP contribution in [-0.2, 0) is 14.9 Å². The molecule has 3 aliphatic rings. The van der Waals surface area contributed by atoms with Gasteiger partial charge in [-0.2, -0.15) is 0 Å². The Balaban J connectivity index is 1.59. The molecule has 0 aromatic heterocycles. The second kappa shape index (κ2) is 9.29. The fourth-order valence-electron chi connectivity index (χ4n) is 4.76. The van der Waals surface area contributed by atoms with E-state index in [0.717, 1.165) is 44.3 Å². The lowest BCUT2D eigenvalue weighted by atomic mass is 9.51. The highest BCUT2D eigenvalue weighted by Crippen LogP contribution is 2.57. The predicted octanol–water partition coefficient (Wildman–Crippen LogP) is 5.07. The second-order valence-electron chi connectivity index (χ2n) is 8.75. The third kappa shape index (κ3) is 4.66. The van der Waals surface area contributed by atoms with Crippen molar-refractivity contribution in [2.45, 2.75) is 70.3 Å². The largest absolute Gasteiger partial charge is 0.489 e. The number of nitrogens with one attached hydrogen (secondary N) is 1. The summed E-state index contributed by atoms with van der Waals surface area (Å²) in [6, 6.07) is 8.29. The Kier molecular flexibility index (Phi) is 6.99. The van der Waals surface area contributed by atoms with Gasteiger partial charge in [-0.05, 0) is 80.6 Å². The molecule has 1 aromatic rings. The van der Waals surface area contributed by atoms with Gasteiger partial charge in [0.1, 0.15) is 12.4 Å². The summed E-state index contributed by atoms with van der Waals surface area (Å²) >= 11 is 0. The number of benzene rings is 1. The number of carbonyl (C=O) groups is 1. The van der Waals surface area contributed by atoms with E-state index in [9.17, 15) is 9.18 Å². The lowest BCUT2D eigenvalue weighted by Gasteiger charge is -2.52. The SMILES string of the molecule is CC/C(=C\F)COc1ccc(C23CCC(C(=O)NC[C@H](C)OC)(CC2)CC3)cc1. The summed E-state index contributed by atoms with van der Waals surface area (Å²) in [4.78, 5) is 12.8. The van der Waals surface area contributed by atoms with E-state index >= 15 is 0 Å². The molecule has 29 heavy (non-hydrogen) atoms. The summed E-state index contributed by atoms with van der Waals surface area (Å²) in [5.41, 5.74) is 1.96. The van der Waals surface area contributed by atoms with Gasteiger partial charge >= 0.3 is 0 Å². The van der Waals surface area contributed by atoms with E-state index in [2.05, 4.69) is 17.4 Å². The van der Waals surface area contributed by atoms with Gasteiger partial charge in [0.25, 0.3) is 0 Å². The minimum absolute atomic E-state index is 0.0381. The van der Waals surface area contributed by atoms with Crippen LogP contribution >= 0.6 is 0 Å². The number of hydrogen-bond acceptors (Lipinski definition) is 3. The molecule has 0 saturated heterocycles. The molecule has 0 aliphatic heterocycles. The number of amides is 1. The molecule has 1 N–H and O–H groups in total. The fourth-order valence-corrected chi connectivity index (χ4v) is 4.76. The first kappa shape index (κ1) is 21.8. The molecule has 0 spiro atoms. The normalized spacial score (nSPS) is 27.5. The second-order valence-corrected chi connectivity index (χ2v) is 8.75. The maximum absolute atomic E-state index is 12.8. The predicted molar refractivity (Wildman–Crippen MR) is 113 cm³/mol. The molecule has 160 valence electrons. The van der Waals surface area contributed by atoms with Gasteiger partial charge in [-0.3, -0.25) is 4.79 Å². The summed E-state index contributed by atoms with van der Waals surface area (Å²) in [7, 11) is 1.67. The molecule has 3 aliphatic carbocycles. The van der Waals surface area contributed by atoms with Crippen LogP contribution in [0, 0.1) is 5.41 Å². The first-order valence-corrected chi connectivity index (χ1v) is 10.8. The minimum Gasteiger partial charge on any atom is -0.489 e. The van der Waals surface area contributed by atoms with Crippen LogP contribution in [0.1, 0.15) is 64.4 Å². The van der Waals surface area contributed by atoms with Crippen molar-refractivity contribution < 1.29 is 18.7 Å². The molecule has 2 bridgehead atoms. The van der Waals surface area contributed by atoms with E-state index in [4.69, 9.17) is 9.47 Å². The summed E-state index contributed by atoms with van der Waals surface area (Å²) in [6.07, 6.45) is 7.30. The lowest BCUT2D eigenvalue weighted by Crippen LogP contribution is -2.52. The van der Waals surface area contributed by atoms with Gasteiger partial charge in [-0.1, -0.05) is 19.1 Å². The summed E-state index contributed by atoms with van der Waals surface area (Å²) in [6.45, 7) is 4.74. The van der Waals surface area contributed by atoms with Gasteiger partial charge in [-0.15, -0.1) is 0 Å². The minimum atomic E-state index is -0.201. The van der Waals surface area contributed by atoms with Crippen molar-refractivity contribution >= 4 is 5.91 Å². The lowest BCUT2D eigenvalue weighted by molar-refractivity contribution is -0.138. The van der Waals surface area contributed by atoms with Gasteiger partial charge in [0.05, 0.1) is 12.4 Å². The molecule has 1 amide bonds. The number of ether oxygens (including phenoxy) is 2. The Morgan fingerprint density at radius 3 is 2.31 bits per heavy atom. The Bertz CT molecular complexity index is 704. The topological polar surface area (TPSA) is 47.6 Å². The van der Waals surface area contributed by atoms with E-state index in [1.807, 2.05) is 26.0 Å². The van der Waals surface area contributed by atoms with Crippen LogP contribution in [0.25, 0.3) is 0 Å². The molecule has 3 saturated carbocycles. The van der Waals surface area contributed by atoms with Gasteiger partial charge in [0.15, 0.2) is 0 Å². The van der Waals surface area contributed by atoms with Gasteiger partial charge in [-0.25, -0.2) is 4.39 Å². The van der Waals surface area contributed by atoms with Gasteiger partial charge in [0, 0.05) is 19.1 Å². The highest BCUT2D eigenvalue weighted by molar-refractivity contribution is 5.83. The van der Waals surface area contributed by atoms with E-state index in [-0.39, 0.29) is 29.4 Å². The number of fused-ring (bicyclic) bond motifs is 3. The maximum Gasteiger partial charge on any atom is 0.226 e. The molecule has 0 radical (unpaired) electrons. The molecule has 1 atom stereocenters. The molecule has 4 rings (SSSR count). The van der Waals surface area contributed by atoms with Crippen molar-refractivity contribution in [2.24, 2.45) is 5.41 Å². The number of methoxy groups -OCH3 is 1.